The number of aromatic nitrogens is 3. The van der Waals surface area contributed by atoms with E-state index in [1.807, 2.05) is 0 Å². The van der Waals surface area contributed by atoms with Crippen LogP contribution >= 0.6 is 11.6 Å². The molecule has 1 heterocycles. The topological polar surface area (TPSA) is 83.0 Å². The summed E-state index contributed by atoms with van der Waals surface area (Å²) in [7, 11) is 0. The number of ether oxygens (including phenoxy) is 1. The fourth-order valence-electron chi connectivity index (χ4n) is 1.44. The number of nitrogens with two attached hydrogens (primary N) is 1. The van der Waals surface area contributed by atoms with E-state index in [1.165, 1.54) is 10.9 Å². The molecule has 7 heteroatoms. The molecule has 0 saturated carbocycles. The Morgan fingerprint density at radius 2 is 2.11 bits per heavy atom. The molecule has 2 rings (SSSR count). The van der Waals surface area contributed by atoms with Crippen LogP contribution < -0.4 is 5.73 Å². The molecule has 0 aliphatic carbocycles. The van der Waals surface area contributed by atoms with Gasteiger partial charge in [-0.3, -0.25) is 4.68 Å². The summed E-state index contributed by atoms with van der Waals surface area (Å²) in [5.41, 5.74) is 6.40. The standard InChI is InChI=1S/C12H13ClN4O2/c13-10-3-1-9(2-4-10)8-19-12(18)11-7-17(6-5-14)16-15-11/h1-4,7H,5-6,8,14H2. The Kier molecular flexibility index (Phi) is 4.48. The number of hydrogen-bond donors (Lipinski definition) is 1. The fourth-order valence-corrected chi connectivity index (χ4v) is 1.56. The van der Waals surface area contributed by atoms with Crippen LogP contribution in [0, 0.1) is 0 Å². The van der Waals surface area contributed by atoms with Gasteiger partial charge in [0.05, 0.1) is 12.7 Å². The first kappa shape index (κ1) is 13.5. The van der Waals surface area contributed by atoms with Crippen LogP contribution in [0.15, 0.2) is 30.5 Å². The third-order valence-electron chi connectivity index (χ3n) is 2.39. The monoisotopic (exact) mass is 280 g/mol. The Labute approximate surface area is 115 Å². The van der Waals surface area contributed by atoms with Crippen molar-refractivity contribution in [3.05, 3.63) is 46.7 Å². The smallest absolute Gasteiger partial charge is 0.360 e. The van der Waals surface area contributed by atoms with Crippen LogP contribution in [0.25, 0.3) is 0 Å². The van der Waals surface area contributed by atoms with E-state index in [9.17, 15) is 4.79 Å². The summed E-state index contributed by atoms with van der Waals surface area (Å²) in [6.45, 7) is 1.11. The van der Waals surface area contributed by atoms with Crippen LogP contribution in [0.2, 0.25) is 5.02 Å². The first-order valence-electron chi connectivity index (χ1n) is 5.71. The zero-order chi connectivity index (χ0) is 13.7. The second-order valence-electron chi connectivity index (χ2n) is 3.86. The normalized spacial score (nSPS) is 10.4. The van der Waals surface area contributed by atoms with Gasteiger partial charge in [0.2, 0.25) is 0 Å². The molecule has 0 bridgehead atoms. The number of benzene rings is 1. The third-order valence-corrected chi connectivity index (χ3v) is 2.64. The summed E-state index contributed by atoms with van der Waals surface area (Å²) in [5.74, 6) is -0.516. The van der Waals surface area contributed by atoms with E-state index in [0.717, 1.165) is 5.56 Å². The largest absolute Gasteiger partial charge is 0.456 e. The molecule has 6 nitrogen and oxygen atoms in total. The van der Waals surface area contributed by atoms with Gasteiger partial charge in [-0.2, -0.15) is 0 Å². The summed E-state index contributed by atoms with van der Waals surface area (Å²) in [4.78, 5) is 11.7. The van der Waals surface area contributed by atoms with Crippen molar-refractivity contribution < 1.29 is 9.53 Å². The maximum Gasteiger partial charge on any atom is 0.360 e. The lowest BCUT2D eigenvalue weighted by atomic mass is 10.2. The number of esters is 1. The molecule has 1 aromatic heterocycles. The number of carbonyl (C=O) groups is 1. The van der Waals surface area contributed by atoms with Gasteiger partial charge in [0.15, 0.2) is 5.69 Å². The van der Waals surface area contributed by atoms with E-state index in [0.29, 0.717) is 18.1 Å². The predicted octanol–water partition coefficient (Wildman–Crippen LogP) is 1.25. The van der Waals surface area contributed by atoms with Crippen LogP contribution in [0.4, 0.5) is 0 Å². The average molecular weight is 281 g/mol. The van der Waals surface area contributed by atoms with Crippen LogP contribution in [-0.4, -0.2) is 27.5 Å². The van der Waals surface area contributed by atoms with Crippen molar-refractivity contribution in [2.75, 3.05) is 6.54 Å². The van der Waals surface area contributed by atoms with Gasteiger partial charge in [0.1, 0.15) is 6.61 Å². The van der Waals surface area contributed by atoms with Crippen molar-refractivity contribution in [3.63, 3.8) is 0 Å². The van der Waals surface area contributed by atoms with Gasteiger partial charge in [0.25, 0.3) is 0 Å². The molecule has 0 fully saturated rings. The molecule has 2 aromatic rings. The fraction of sp³-hybridized carbons (Fsp3) is 0.250. The van der Waals surface area contributed by atoms with Crippen LogP contribution in [0.1, 0.15) is 16.1 Å². The van der Waals surface area contributed by atoms with Crippen LogP contribution in [0.5, 0.6) is 0 Å². The van der Waals surface area contributed by atoms with Crippen molar-refractivity contribution in [2.24, 2.45) is 5.73 Å². The highest BCUT2D eigenvalue weighted by molar-refractivity contribution is 6.30. The lowest BCUT2D eigenvalue weighted by molar-refractivity contribution is 0.0465. The minimum absolute atomic E-state index is 0.166. The maximum atomic E-state index is 11.7. The quantitative estimate of drug-likeness (QED) is 0.833. The molecular weight excluding hydrogens is 268 g/mol. The van der Waals surface area contributed by atoms with E-state index in [-0.39, 0.29) is 12.3 Å². The molecule has 0 amide bonds. The number of rotatable bonds is 5. The first-order valence-corrected chi connectivity index (χ1v) is 6.08. The Bertz CT molecular complexity index is 553. The summed E-state index contributed by atoms with van der Waals surface area (Å²) in [6, 6.07) is 7.06. The average Bonchev–Trinajstić information content (AvgIpc) is 2.87. The highest BCUT2D eigenvalue weighted by Gasteiger charge is 2.12. The second-order valence-corrected chi connectivity index (χ2v) is 4.29. The number of hydrogen-bond acceptors (Lipinski definition) is 5. The molecule has 2 N–H and O–H groups in total. The molecule has 0 spiro atoms. The number of halogens is 1. The zero-order valence-corrected chi connectivity index (χ0v) is 10.9. The van der Waals surface area contributed by atoms with E-state index in [4.69, 9.17) is 22.1 Å². The van der Waals surface area contributed by atoms with Crippen molar-refractivity contribution in [1.29, 1.82) is 0 Å². The molecule has 0 aliphatic heterocycles. The van der Waals surface area contributed by atoms with Crippen molar-refractivity contribution in [3.8, 4) is 0 Å². The number of carbonyl (C=O) groups excluding carboxylic acids is 1. The molecule has 0 saturated heterocycles. The molecular formula is C12H13ClN4O2. The van der Waals surface area contributed by atoms with Gasteiger partial charge >= 0.3 is 5.97 Å². The highest BCUT2D eigenvalue weighted by Crippen LogP contribution is 2.10. The van der Waals surface area contributed by atoms with Gasteiger partial charge in [-0.25, -0.2) is 4.79 Å². The second kappa shape index (κ2) is 6.31. The van der Waals surface area contributed by atoms with Gasteiger partial charge in [-0.05, 0) is 17.7 Å². The van der Waals surface area contributed by atoms with Gasteiger partial charge in [-0.15, -0.1) is 5.10 Å². The summed E-state index contributed by atoms with van der Waals surface area (Å²) < 4.78 is 6.62. The highest BCUT2D eigenvalue weighted by atomic mass is 35.5. The lowest BCUT2D eigenvalue weighted by Crippen LogP contribution is -2.10. The van der Waals surface area contributed by atoms with Gasteiger partial charge in [0, 0.05) is 11.6 Å². The Morgan fingerprint density at radius 1 is 1.37 bits per heavy atom. The summed E-state index contributed by atoms with van der Waals surface area (Å²) in [5, 5.41) is 8.12. The van der Waals surface area contributed by atoms with Crippen molar-refractivity contribution in [1.82, 2.24) is 15.0 Å². The van der Waals surface area contributed by atoms with Gasteiger partial charge < -0.3 is 10.5 Å². The van der Waals surface area contributed by atoms with Crippen LogP contribution in [-0.2, 0) is 17.9 Å². The zero-order valence-electron chi connectivity index (χ0n) is 10.1. The number of nitrogens with zero attached hydrogens (tertiary/aromatic N) is 3. The Morgan fingerprint density at radius 3 is 2.79 bits per heavy atom. The van der Waals surface area contributed by atoms with Crippen molar-refractivity contribution in [2.45, 2.75) is 13.2 Å². The Balaban J connectivity index is 1.91. The maximum absolute atomic E-state index is 11.7. The van der Waals surface area contributed by atoms with Crippen molar-refractivity contribution >= 4 is 17.6 Å². The molecule has 19 heavy (non-hydrogen) atoms. The van der Waals surface area contributed by atoms with E-state index < -0.39 is 5.97 Å². The Hall–Kier alpha value is -1.92. The first-order chi connectivity index (χ1) is 9.19. The molecule has 100 valence electrons. The van der Waals surface area contributed by atoms with Crippen LogP contribution in [0.3, 0.4) is 0 Å². The van der Waals surface area contributed by atoms with E-state index >= 15 is 0 Å². The minimum Gasteiger partial charge on any atom is -0.456 e. The molecule has 0 atom stereocenters. The lowest BCUT2D eigenvalue weighted by Gasteiger charge is -2.02. The predicted molar refractivity (Wildman–Crippen MR) is 69.6 cm³/mol. The minimum atomic E-state index is -0.516. The molecule has 0 radical (unpaired) electrons. The molecule has 0 unspecified atom stereocenters. The summed E-state index contributed by atoms with van der Waals surface area (Å²) >= 11 is 5.76. The van der Waals surface area contributed by atoms with E-state index in [1.54, 1.807) is 24.3 Å². The molecule has 1 aromatic carbocycles. The van der Waals surface area contributed by atoms with Gasteiger partial charge in [-0.1, -0.05) is 28.9 Å². The van der Waals surface area contributed by atoms with E-state index in [2.05, 4.69) is 10.3 Å². The molecule has 0 aliphatic rings. The summed E-state index contributed by atoms with van der Waals surface area (Å²) in [6.07, 6.45) is 1.51. The SMILES string of the molecule is NCCn1cc(C(=O)OCc2ccc(Cl)cc2)nn1. The third kappa shape index (κ3) is 3.77.